The average Bonchev–Trinajstić information content (AvgIpc) is 2.08. The Balaban J connectivity index is 2.92. The summed E-state index contributed by atoms with van der Waals surface area (Å²) < 4.78 is 10.7. The topological polar surface area (TPSA) is 38.7 Å². The SMILES string of the molecule is CC(C)COCCOCCCC(C)O. The van der Waals surface area contributed by atoms with Gasteiger partial charge in [-0.05, 0) is 25.7 Å². The Morgan fingerprint density at radius 2 is 1.64 bits per heavy atom. The number of hydrogen-bond acceptors (Lipinski definition) is 3. The van der Waals surface area contributed by atoms with Crippen LogP contribution in [0.2, 0.25) is 0 Å². The summed E-state index contributed by atoms with van der Waals surface area (Å²) in [7, 11) is 0. The lowest BCUT2D eigenvalue weighted by Crippen LogP contribution is -2.10. The predicted molar refractivity (Wildman–Crippen MR) is 57.4 cm³/mol. The maximum Gasteiger partial charge on any atom is 0.0700 e. The maximum absolute atomic E-state index is 8.97. The summed E-state index contributed by atoms with van der Waals surface area (Å²) in [5.41, 5.74) is 0. The van der Waals surface area contributed by atoms with E-state index in [0.29, 0.717) is 19.1 Å². The van der Waals surface area contributed by atoms with E-state index < -0.39 is 0 Å². The zero-order chi connectivity index (χ0) is 10.8. The molecule has 0 saturated carbocycles. The molecule has 3 nitrogen and oxygen atoms in total. The first kappa shape index (κ1) is 13.9. The molecule has 0 bridgehead atoms. The van der Waals surface area contributed by atoms with Gasteiger partial charge < -0.3 is 14.6 Å². The van der Waals surface area contributed by atoms with Gasteiger partial charge in [-0.25, -0.2) is 0 Å². The molecule has 0 aliphatic heterocycles. The molecule has 0 aromatic carbocycles. The Bertz CT molecular complexity index is 99.1. The van der Waals surface area contributed by atoms with E-state index in [1.54, 1.807) is 6.92 Å². The Hall–Kier alpha value is -0.120. The van der Waals surface area contributed by atoms with Crippen molar-refractivity contribution in [1.82, 2.24) is 0 Å². The smallest absolute Gasteiger partial charge is 0.0700 e. The lowest BCUT2D eigenvalue weighted by molar-refractivity contribution is 0.0339. The maximum atomic E-state index is 8.97. The lowest BCUT2D eigenvalue weighted by Gasteiger charge is -2.08. The third-order valence-electron chi connectivity index (χ3n) is 1.73. The molecule has 0 radical (unpaired) electrons. The van der Waals surface area contributed by atoms with Crippen LogP contribution in [0.1, 0.15) is 33.6 Å². The van der Waals surface area contributed by atoms with Gasteiger partial charge in [-0.3, -0.25) is 0 Å². The number of ether oxygens (including phenoxy) is 2. The van der Waals surface area contributed by atoms with E-state index in [1.165, 1.54) is 0 Å². The molecule has 1 atom stereocenters. The zero-order valence-corrected chi connectivity index (χ0v) is 9.66. The van der Waals surface area contributed by atoms with Crippen molar-refractivity contribution in [2.75, 3.05) is 26.4 Å². The van der Waals surface area contributed by atoms with Crippen LogP contribution in [-0.2, 0) is 9.47 Å². The summed E-state index contributed by atoms with van der Waals surface area (Å²) in [5, 5.41) is 8.97. The first-order valence-electron chi connectivity index (χ1n) is 5.46. The minimum absolute atomic E-state index is 0.212. The van der Waals surface area contributed by atoms with E-state index in [1.807, 2.05) is 0 Å². The van der Waals surface area contributed by atoms with Crippen LogP contribution in [0.25, 0.3) is 0 Å². The van der Waals surface area contributed by atoms with Crippen LogP contribution in [-0.4, -0.2) is 37.6 Å². The number of hydrogen-bond donors (Lipinski definition) is 1. The van der Waals surface area contributed by atoms with Gasteiger partial charge >= 0.3 is 0 Å². The lowest BCUT2D eigenvalue weighted by atomic mass is 10.2. The van der Waals surface area contributed by atoms with Gasteiger partial charge in [0.15, 0.2) is 0 Å². The van der Waals surface area contributed by atoms with Crippen LogP contribution in [0.5, 0.6) is 0 Å². The molecule has 0 heterocycles. The normalized spacial score (nSPS) is 13.5. The third-order valence-corrected chi connectivity index (χ3v) is 1.73. The summed E-state index contributed by atoms with van der Waals surface area (Å²) in [4.78, 5) is 0. The van der Waals surface area contributed by atoms with Crippen molar-refractivity contribution in [3.63, 3.8) is 0 Å². The third kappa shape index (κ3) is 11.9. The zero-order valence-electron chi connectivity index (χ0n) is 9.66. The molecule has 0 amide bonds. The molecule has 0 aromatic heterocycles. The minimum Gasteiger partial charge on any atom is -0.393 e. The molecule has 0 rings (SSSR count). The van der Waals surface area contributed by atoms with Crippen molar-refractivity contribution in [1.29, 1.82) is 0 Å². The van der Waals surface area contributed by atoms with E-state index in [0.717, 1.165) is 26.1 Å². The van der Waals surface area contributed by atoms with Crippen LogP contribution in [0, 0.1) is 5.92 Å². The van der Waals surface area contributed by atoms with Crippen molar-refractivity contribution < 1.29 is 14.6 Å². The van der Waals surface area contributed by atoms with Crippen LogP contribution in [0.15, 0.2) is 0 Å². The van der Waals surface area contributed by atoms with Crippen molar-refractivity contribution in [2.45, 2.75) is 39.7 Å². The van der Waals surface area contributed by atoms with Crippen molar-refractivity contribution in [3.05, 3.63) is 0 Å². The number of rotatable bonds is 9. The van der Waals surface area contributed by atoms with Crippen molar-refractivity contribution >= 4 is 0 Å². The van der Waals surface area contributed by atoms with Gasteiger partial charge in [0.2, 0.25) is 0 Å². The summed E-state index contributed by atoms with van der Waals surface area (Å²) >= 11 is 0. The number of aliphatic hydroxyl groups excluding tert-OH is 1. The van der Waals surface area contributed by atoms with E-state index >= 15 is 0 Å². The molecule has 0 saturated heterocycles. The first-order chi connectivity index (χ1) is 6.63. The van der Waals surface area contributed by atoms with Gasteiger partial charge in [-0.2, -0.15) is 0 Å². The second-order valence-corrected chi connectivity index (χ2v) is 4.07. The largest absolute Gasteiger partial charge is 0.393 e. The molecular formula is C11H24O3. The Labute approximate surface area is 87.4 Å². The predicted octanol–water partition coefficient (Wildman–Crippen LogP) is 1.84. The molecule has 86 valence electrons. The van der Waals surface area contributed by atoms with Gasteiger partial charge in [-0.1, -0.05) is 13.8 Å². The fourth-order valence-corrected chi connectivity index (χ4v) is 1.02. The fourth-order valence-electron chi connectivity index (χ4n) is 1.02. The molecule has 14 heavy (non-hydrogen) atoms. The molecule has 3 heteroatoms. The van der Waals surface area contributed by atoms with E-state index in [4.69, 9.17) is 14.6 Å². The number of aliphatic hydroxyl groups is 1. The van der Waals surface area contributed by atoms with E-state index in [-0.39, 0.29) is 6.10 Å². The summed E-state index contributed by atoms with van der Waals surface area (Å²) in [6.45, 7) is 8.91. The van der Waals surface area contributed by atoms with Gasteiger partial charge in [0, 0.05) is 13.2 Å². The fraction of sp³-hybridized carbons (Fsp3) is 1.00. The second kappa shape index (κ2) is 9.44. The van der Waals surface area contributed by atoms with Crippen molar-refractivity contribution in [3.8, 4) is 0 Å². The molecular weight excluding hydrogens is 180 g/mol. The first-order valence-corrected chi connectivity index (χ1v) is 5.46. The van der Waals surface area contributed by atoms with Crippen LogP contribution >= 0.6 is 0 Å². The Morgan fingerprint density at radius 3 is 2.21 bits per heavy atom. The quantitative estimate of drug-likeness (QED) is 0.582. The van der Waals surface area contributed by atoms with E-state index in [2.05, 4.69) is 13.8 Å². The van der Waals surface area contributed by atoms with Gasteiger partial charge in [-0.15, -0.1) is 0 Å². The molecule has 0 aromatic rings. The summed E-state index contributed by atoms with van der Waals surface area (Å²) in [6, 6.07) is 0. The highest BCUT2D eigenvalue weighted by atomic mass is 16.5. The Kier molecular flexibility index (Phi) is 9.35. The van der Waals surface area contributed by atoms with Crippen LogP contribution in [0.3, 0.4) is 0 Å². The highest BCUT2D eigenvalue weighted by Crippen LogP contribution is 1.96. The average molecular weight is 204 g/mol. The monoisotopic (exact) mass is 204 g/mol. The van der Waals surface area contributed by atoms with Gasteiger partial charge in [0.25, 0.3) is 0 Å². The summed E-state index contributed by atoms with van der Waals surface area (Å²) in [6.07, 6.45) is 1.52. The van der Waals surface area contributed by atoms with Crippen LogP contribution < -0.4 is 0 Å². The highest BCUT2D eigenvalue weighted by molar-refractivity contribution is 4.46. The Morgan fingerprint density at radius 1 is 1.00 bits per heavy atom. The molecule has 0 aliphatic rings. The molecule has 1 unspecified atom stereocenters. The molecule has 0 fully saturated rings. The second-order valence-electron chi connectivity index (χ2n) is 4.07. The van der Waals surface area contributed by atoms with Gasteiger partial charge in [0.1, 0.15) is 0 Å². The van der Waals surface area contributed by atoms with E-state index in [9.17, 15) is 0 Å². The molecule has 1 N–H and O–H groups in total. The summed E-state index contributed by atoms with van der Waals surface area (Å²) in [5.74, 6) is 0.588. The van der Waals surface area contributed by atoms with Gasteiger partial charge in [0.05, 0.1) is 19.3 Å². The standard InChI is InChI=1S/C11H24O3/c1-10(2)9-14-8-7-13-6-4-5-11(3)12/h10-12H,4-9H2,1-3H3. The highest BCUT2D eigenvalue weighted by Gasteiger charge is 1.96. The van der Waals surface area contributed by atoms with Crippen LogP contribution in [0.4, 0.5) is 0 Å². The molecule has 0 aliphatic carbocycles. The molecule has 0 spiro atoms. The van der Waals surface area contributed by atoms with Crippen molar-refractivity contribution in [2.24, 2.45) is 5.92 Å². The minimum atomic E-state index is -0.212.